The Labute approximate surface area is 149 Å². The van der Waals surface area contributed by atoms with Crippen LogP contribution in [0.25, 0.3) is 33.9 Å². The number of ether oxygens (including phenoxy) is 2. The van der Waals surface area contributed by atoms with Crippen molar-refractivity contribution in [3.05, 3.63) is 42.3 Å². The Morgan fingerprint density at radius 3 is 2.50 bits per heavy atom. The molecule has 4 rings (SSSR count). The first-order chi connectivity index (χ1) is 12.7. The van der Waals surface area contributed by atoms with Crippen molar-refractivity contribution in [1.29, 1.82) is 0 Å². The van der Waals surface area contributed by atoms with Crippen molar-refractivity contribution in [2.45, 2.75) is 13.3 Å². The van der Waals surface area contributed by atoms with E-state index in [1.54, 1.807) is 26.4 Å². The largest absolute Gasteiger partial charge is 0.493 e. The summed E-state index contributed by atoms with van der Waals surface area (Å²) in [7, 11) is 3.17. The van der Waals surface area contributed by atoms with Gasteiger partial charge in [0.2, 0.25) is 5.82 Å². The van der Waals surface area contributed by atoms with Crippen molar-refractivity contribution in [2.24, 2.45) is 0 Å². The molecule has 7 heteroatoms. The summed E-state index contributed by atoms with van der Waals surface area (Å²) in [5.41, 5.74) is 3.08. The molecule has 0 unspecified atom stereocenters. The van der Waals surface area contributed by atoms with Gasteiger partial charge in [-0.25, -0.2) is 4.98 Å². The number of oxazole rings is 1. The van der Waals surface area contributed by atoms with Crippen molar-refractivity contribution in [3.63, 3.8) is 0 Å². The molecule has 0 saturated carbocycles. The van der Waals surface area contributed by atoms with E-state index in [0.717, 1.165) is 28.6 Å². The zero-order valence-corrected chi connectivity index (χ0v) is 14.6. The van der Waals surface area contributed by atoms with Gasteiger partial charge >= 0.3 is 0 Å². The third kappa shape index (κ3) is 2.77. The van der Waals surface area contributed by atoms with Crippen LogP contribution < -0.4 is 9.47 Å². The molecule has 0 fully saturated rings. The Morgan fingerprint density at radius 1 is 0.923 bits per heavy atom. The van der Waals surface area contributed by atoms with Gasteiger partial charge < -0.3 is 18.4 Å². The second-order valence-corrected chi connectivity index (χ2v) is 5.64. The Morgan fingerprint density at radius 2 is 1.73 bits per heavy atom. The van der Waals surface area contributed by atoms with Gasteiger partial charge in [-0.15, -0.1) is 0 Å². The Bertz CT molecular complexity index is 1070. The standard InChI is InChI=1S/C19H17N3O4/c1-4-17-20-13-9-11(5-7-14(13)25-17)18-21-19(26-22-18)12-6-8-15(23-2)16(10-12)24-3/h5-10H,4H2,1-3H3. The predicted octanol–water partition coefficient (Wildman–Crippen LogP) is 4.12. The molecule has 0 aliphatic rings. The van der Waals surface area contributed by atoms with E-state index in [9.17, 15) is 0 Å². The maximum Gasteiger partial charge on any atom is 0.258 e. The topological polar surface area (TPSA) is 83.4 Å². The first-order valence-corrected chi connectivity index (χ1v) is 8.17. The molecule has 0 radical (unpaired) electrons. The van der Waals surface area contributed by atoms with E-state index >= 15 is 0 Å². The second kappa shape index (κ2) is 6.51. The highest BCUT2D eigenvalue weighted by Gasteiger charge is 2.15. The molecule has 0 aliphatic carbocycles. The number of fused-ring (bicyclic) bond motifs is 1. The number of methoxy groups -OCH3 is 2. The molecule has 0 spiro atoms. The minimum absolute atomic E-state index is 0.399. The van der Waals surface area contributed by atoms with Gasteiger partial charge in [-0.2, -0.15) is 4.98 Å². The molecular weight excluding hydrogens is 334 g/mol. The number of nitrogens with zero attached hydrogens (tertiary/aromatic N) is 3. The quantitative estimate of drug-likeness (QED) is 0.534. The van der Waals surface area contributed by atoms with E-state index in [4.69, 9.17) is 18.4 Å². The molecule has 0 saturated heterocycles. The van der Waals surface area contributed by atoms with Gasteiger partial charge in [-0.3, -0.25) is 0 Å². The molecule has 0 aliphatic heterocycles. The number of benzene rings is 2. The molecule has 0 bridgehead atoms. The van der Waals surface area contributed by atoms with Crippen LogP contribution >= 0.6 is 0 Å². The lowest BCUT2D eigenvalue weighted by Gasteiger charge is -2.07. The molecule has 2 aromatic carbocycles. The highest BCUT2D eigenvalue weighted by molar-refractivity contribution is 5.79. The van der Waals surface area contributed by atoms with Crippen molar-refractivity contribution < 1.29 is 18.4 Å². The summed E-state index contributed by atoms with van der Waals surface area (Å²) in [6.07, 6.45) is 0.746. The Balaban J connectivity index is 1.69. The van der Waals surface area contributed by atoms with Crippen LogP contribution in [0.3, 0.4) is 0 Å². The first kappa shape index (κ1) is 16.1. The summed E-state index contributed by atoms with van der Waals surface area (Å²) in [5.74, 6) is 2.82. The molecule has 132 valence electrons. The van der Waals surface area contributed by atoms with E-state index in [2.05, 4.69) is 15.1 Å². The average molecular weight is 351 g/mol. The highest BCUT2D eigenvalue weighted by Crippen LogP contribution is 2.32. The van der Waals surface area contributed by atoms with Crippen LogP contribution in [-0.4, -0.2) is 29.3 Å². The predicted molar refractivity (Wildman–Crippen MR) is 95.2 cm³/mol. The first-order valence-electron chi connectivity index (χ1n) is 8.17. The smallest absolute Gasteiger partial charge is 0.258 e. The Hall–Kier alpha value is -3.35. The number of aromatic nitrogens is 3. The van der Waals surface area contributed by atoms with E-state index in [1.165, 1.54) is 0 Å². The zero-order chi connectivity index (χ0) is 18.1. The molecule has 2 heterocycles. The van der Waals surface area contributed by atoms with Crippen molar-refractivity contribution in [1.82, 2.24) is 15.1 Å². The molecule has 0 amide bonds. The number of aryl methyl sites for hydroxylation is 1. The third-order valence-electron chi connectivity index (χ3n) is 4.05. The van der Waals surface area contributed by atoms with Crippen LogP contribution in [0.15, 0.2) is 45.3 Å². The summed E-state index contributed by atoms with van der Waals surface area (Å²) in [6.45, 7) is 2.00. The van der Waals surface area contributed by atoms with Gasteiger partial charge in [0.1, 0.15) is 5.52 Å². The summed E-state index contributed by atoms with van der Waals surface area (Å²) in [4.78, 5) is 8.92. The number of rotatable bonds is 5. The lowest BCUT2D eigenvalue weighted by molar-refractivity contribution is 0.355. The maximum atomic E-state index is 5.63. The van der Waals surface area contributed by atoms with Gasteiger partial charge in [0.15, 0.2) is 23.0 Å². The normalized spacial score (nSPS) is 11.0. The van der Waals surface area contributed by atoms with Gasteiger partial charge in [0, 0.05) is 17.5 Å². The molecular formula is C19H17N3O4. The number of hydrogen-bond acceptors (Lipinski definition) is 7. The van der Waals surface area contributed by atoms with Crippen molar-refractivity contribution in [2.75, 3.05) is 14.2 Å². The summed E-state index contributed by atoms with van der Waals surface area (Å²) < 4.78 is 21.6. The van der Waals surface area contributed by atoms with Crippen LogP contribution in [0, 0.1) is 0 Å². The van der Waals surface area contributed by atoms with Crippen molar-refractivity contribution >= 4 is 11.1 Å². The minimum Gasteiger partial charge on any atom is -0.493 e. The fourth-order valence-electron chi connectivity index (χ4n) is 2.69. The monoisotopic (exact) mass is 351 g/mol. The fraction of sp³-hybridized carbons (Fsp3) is 0.211. The van der Waals surface area contributed by atoms with Gasteiger partial charge in [-0.05, 0) is 36.4 Å². The summed E-state index contributed by atoms with van der Waals surface area (Å²) >= 11 is 0. The highest BCUT2D eigenvalue weighted by atomic mass is 16.5. The SMILES string of the molecule is CCc1nc2cc(-c3noc(-c4ccc(OC)c(OC)c4)n3)ccc2o1. The van der Waals surface area contributed by atoms with E-state index < -0.39 is 0 Å². The Kier molecular flexibility index (Phi) is 4.04. The second-order valence-electron chi connectivity index (χ2n) is 5.64. The van der Waals surface area contributed by atoms with Crippen LogP contribution in [0.1, 0.15) is 12.8 Å². The minimum atomic E-state index is 0.399. The van der Waals surface area contributed by atoms with Crippen LogP contribution in [0.5, 0.6) is 11.5 Å². The molecule has 2 aromatic heterocycles. The maximum absolute atomic E-state index is 5.63. The van der Waals surface area contributed by atoms with Crippen LogP contribution in [0.2, 0.25) is 0 Å². The molecule has 7 nitrogen and oxygen atoms in total. The molecule has 26 heavy (non-hydrogen) atoms. The van der Waals surface area contributed by atoms with Crippen LogP contribution in [-0.2, 0) is 6.42 Å². The van der Waals surface area contributed by atoms with Gasteiger partial charge in [-0.1, -0.05) is 12.1 Å². The molecule has 0 N–H and O–H groups in total. The van der Waals surface area contributed by atoms with E-state index in [1.807, 2.05) is 31.2 Å². The fourth-order valence-corrected chi connectivity index (χ4v) is 2.69. The van der Waals surface area contributed by atoms with Crippen molar-refractivity contribution in [3.8, 4) is 34.3 Å². The summed E-state index contributed by atoms with van der Waals surface area (Å²) in [5, 5.41) is 4.08. The van der Waals surface area contributed by atoms with E-state index in [0.29, 0.717) is 29.1 Å². The zero-order valence-electron chi connectivity index (χ0n) is 14.6. The van der Waals surface area contributed by atoms with E-state index in [-0.39, 0.29) is 0 Å². The third-order valence-corrected chi connectivity index (χ3v) is 4.05. The number of hydrogen-bond donors (Lipinski definition) is 0. The van der Waals surface area contributed by atoms with Crippen LogP contribution in [0.4, 0.5) is 0 Å². The summed E-state index contributed by atoms with van der Waals surface area (Å²) in [6, 6.07) is 11.1. The van der Waals surface area contributed by atoms with Gasteiger partial charge in [0.05, 0.1) is 14.2 Å². The lowest BCUT2D eigenvalue weighted by Crippen LogP contribution is -1.90. The lowest BCUT2D eigenvalue weighted by atomic mass is 10.2. The molecule has 4 aromatic rings. The van der Waals surface area contributed by atoms with Gasteiger partial charge in [0.25, 0.3) is 5.89 Å². The average Bonchev–Trinajstić information content (AvgIpc) is 3.33. The molecule has 0 atom stereocenters.